The zero-order valence-corrected chi connectivity index (χ0v) is 11.4. The molecule has 17 heavy (non-hydrogen) atoms. The van der Waals surface area contributed by atoms with Crippen molar-refractivity contribution >= 4 is 15.9 Å². The number of rotatable bonds is 3. The van der Waals surface area contributed by atoms with E-state index in [1.165, 1.54) is 5.56 Å². The summed E-state index contributed by atoms with van der Waals surface area (Å²) in [6.07, 6.45) is 2.23. The molecule has 4 heteroatoms. The van der Waals surface area contributed by atoms with Crippen molar-refractivity contribution in [1.82, 2.24) is 4.90 Å². The van der Waals surface area contributed by atoms with Gasteiger partial charge < -0.3 is 4.74 Å². The molecule has 0 aliphatic carbocycles. The molecule has 2 rings (SSSR count). The molecule has 0 saturated carbocycles. The van der Waals surface area contributed by atoms with Crippen LogP contribution in [0.3, 0.4) is 0 Å². The molecule has 1 atom stereocenters. The van der Waals surface area contributed by atoms with Gasteiger partial charge in [-0.2, -0.15) is 5.26 Å². The SMILES string of the molecule is COc1ccc(Br)cc1[C@@H]1CCCN1CC#N. The van der Waals surface area contributed by atoms with Crippen molar-refractivity contribution in [2.24, 2.45) is 0 Å². The normalized spacial score (nSPS) is 20.2. The highest BCUT2D eigenvalue weighted by Gasteiger charge is 2.28. The summed E-state index contributed by atoms with van der Waals surface area (Å²) in [6, 6.07) is 8.59. The summed E-state index contributed by atoms with van der Waals surface area (Å²) in [7, 11) is 1.69. The van der Waals surface area contributed by atoms with E-state index < -0.39 is 0 Å². The van der Waals surface area contributed by atoms with Gasteiger partial charge in [0.15, 0.2) is 0 Å². The van der Waals surface area contributed by atoms with Crippen molar-refractivity contribution in [3.63, 3.8) is 0 Å². The van der Waals surface area contributed by atoms with Gasteiger partial charge in [-0.25, -0.2) is 0 Å². The van der Waals surface area contributed by atoms with Gasteiger partial charge in [0, 0.05) is 16.1 Å². The molecular weight excluding hydrogens is 280 g/mol. The highest BCUT2D eigenvalue weighted by Crippen LogP contribution is 2.37. The first-order valence-electron chi connectivity index (χ1n) is 5.70. The lowest BCUT2D eigenvalue weighted by Gasteiger charge is -2.23. The van der Waals surface area contributed by atoms with E-state index in [9.17, 15) is 0 Å². The summed E-state index contributed by atoms with van der Waals surface area (Å²) < 4.78 is 6.46. The third-order valence-corrected chi connectivity index (χ3v) is 3.68. The van der Waals surface area contributed by atoms with Crippen LogP contribution < -0.4 is 4.74 Å². The largest absolute Gasteiger partial charge is 0.496 e. The molecular formula is C13H15BrN2O. The molecule has 0 unspecified atom stereocenters. The average Bonchev–Trinajstić information content (AvgIpc) is 2.77. The molecule has 0 aromatic heterocycles. The first-order chi connectivity index (χ1) is 8.26. The number of likely N-dealkylation sites (tertiary alicyclic amines) is 1. The standard InChI is InChI=1S/C13H15BrN2O/c1-17-13-5-4-10(14)9-11(13)12-3-2-7-16(12)8-6-15/h4-5,9,12H,2-3,7-8H2,1H3/t12-/m0/s1. The molecule has 0 amide bonds. The van der Waals surface area contributed by atoms with Gasteiger partial charge in [-0.15, -0.1) is 0 Å². The van der Waals surface area contributed by atoms with Crippen molar-refractivity contribution in [2.45, 2.75) is 18.9 Å². The van der Waals surface area contributed by atoms with Crippen molar-refractivity contribution in [2.75, 3.05) is 20.2 Å². The van der Waals surface area contributed by atoms with E-state index in [1.54, 1.807) is 7.11 Å². The Hall–Kier alpha value is -1.05. The summed E-state index contributed by atoms with van der Waals surface area (Å²) in [6.45, 7) is 1.48. The summed E-state index contributed by atoms with van der Waals surface area (Å²) in [5.41, 5.74) is 1.18. The lowest BCUT2D eigenvalue weighted by molar-refractivity contribution is 0.280. The summed E-state index contributed by atoms with van der Waals surface area (Å²) >= 11 is 3.49. The minimum atomic E-state index is 0.307. The van der Waals surface area contributed by atoms with Crippen LogP contribution in [0.2, 0.25) is 0 Å². The fourth-order valence-electron chi connectivity index (χ4n) is 2.42. The second-order valence-electron chi connectivity index (χ2n) is 4.17. The van der Waals surface area contributed by atoms with Crippen LogP contribution >= 0.6 is 15.9 Å². The van der Waals surface area contributed by atoms with E-state index >= 15 is 0 Å². The Balaban J connectivity index is 2.32. The Kier molecular flexibility index (Phi) is 4.03. The van der Waals surface area contributed by atoms with Crippen LogP contribution in [0.5, 0.6) is 5.75 Å². The minimum Gasteiger partial charge on any atom is -0.496 e. The number of nitriles is 1. The average molecular weight is 295 g/mol. The number of methoxy groups -OCH3 is 1. The summed E-state index contributed by atoms with van der Waals surface area (Å²) in [4.78, 5) is 2.21. The van der Waals surface area contributed by atoms with Crippen LogP contribution in [0, 0.1) is 11.3 Å². The van der Waals surface area contributed by atoms with Gasteiger partial charge in [-0.05, 0) is 37.6 Å². The van der Waals surface area contributed by atoms with Crippen molar-refractivity contribution in [1.29, 1.82) is 5.26 Å². The second kappa shape index (κ2) is 5.52. The highest BCUT2D eigenvalue weighted by atomic mass is 79.9. The molecule has 1 saturated heterocycles. The lowest BCUT2D eigenvalue weighted by atomic mass is 10.0. The van der Waals surface area contributed by atoms with Gasteiger partial charge >= 0.3 is 0 Å². The van der Waals surface area contributed by atoms with Crippen LogP contribution in [0.4, 0.5) is 0 Å². The maximum atomic E-state index is 8.84. The fraction of sp³-hybridized carbons (Fsp3) is 0.462. The van der Waals surface area contributed by atoms with Gasteiger partial charge in [0.05, 0.1) is 19.7 Å². The van der Waals surface area contributed by atoms with Gasteiger partial charge in [-0.1, -0.05) is 15.9 Å². The Bertz CT molecular complexity index is 442. The van der Waals surface area contributed by atoms with E-state index in [1.807, 2.05) is 12.1 Å². The molecule has 1 heterocycles. The van der Waals surface area contributed by atoms with Crippen LogP contribution in [-0.2, 0) is 0 Å². The van der Waals surface area contributed by atoms with Crippen molar-refractivity contribution in [3.05, 3.63) is 28.2 Å². The lowest BCUT2D eigenvalue weighted by Crippen LogP contribution is -2.23. The summed E-state index contributed by atoms with van der Waals surface area (Å²) in [5.74, 6) is 0.906. The molecule has 1 aliphatic rings. The van der Waals surface area contributed by atoms with E-state index in [2.05, 4.69) is 33.0 Å². The smallest absolute Gasteiger partial charge is 0.123 e. The molecule has 0 spiro atoms. The van der Waals surface area contributed by atoms with Crippen LogP contribution in [-0.4, -0.2) is 25.1 Å². The predicted molar refractivity (Wildman–Crippen MR) is 69.9 cm³/mol. The fourth-order valence-corrected chi connectivity index (χ4v) is 2.80. The third kappa shape index (κ3) is 2.62. The zero-order chi connectivity index (χ0) is 12.3. The molecule has 1 fully saturated rings. The molecule has 0 radical (unpaired) electrons. The Morgan fingerprint density at radius 3 is 3.12 bits per heavy atom. The summed E-state index contributed by atoms with van der Waals surface area (Å²) in [5, 5.41) is 8.84. The Labute approximate surface area is 110 Å². The molecule has 3 nitrogen and oxygen atoms in total. The van der Waals surface area contributed by atoms with Crippen LogP contribution in [0.15, 0.2) is 22.7 Å². The second-order valence-corrected chi connectivity index (χ2v) is 5.09. The highest BCUT2D eigenvalue weighted by molar-refractivity contribution is 9.10. The monoisotopic (exact) mass is 294 g/mol. The van der Waals surface area contributed by atoms with E-state index in [0.717, 1.165) is 29.6 Å². The molecule has 90 valence electrons. The maximum Gasteiger partial charge on any atom is 0.123 e. The van der Waals surface area contributed by atoms with Crippen molar-refractivity contribution in [3.8, 4) is 11.8 Å². The predicted octanol–water partition coefficient (Wildman–Crippen LogP) is 3.12. The number of halogens is 1. The number of hydrogen-bond acceptors (Lipinski definition) is 3. The molecule has 1 aliphatic heterocycles. The molecule has 1 aromatic rings. The zero-order valence-electron chi connectivity index (χ0n) is 9.82. The number of nitrogens with zero attached hydrogens (tertiary/aromatic N) is 2. The van der Waals surface area contributed by atoms with E-state index in [-0.39, 0.29) is 0 Å². The maximum absolute atomic E-state index is 8.84. The molecule has 0 bridgehead atoms. The van der Waals surface area contributed by atoms with Gasteiger partial charge in [0.1, 0.15) is 5.75 Å². The van der Waals surface area contributed by atoms with Gasteiger partial charge in [0.25, 0.3) is 0 Å². The van der Waals surface area contributed by atoms with Crippen LogP contribution in [0.1, 0.15) is 24.4 Å². The third-order valence-electron chi connectivity index (χ3n) is 3.19. The minimum absolute atomic E-state index is 0.307. The van der Waals surface area contributed by atoms with E-state index in [0.29, 0.717) is 12.6 Å². The first-order valence-corrected chi connectivity index (χ1v) is 6.50. The Morgan fingerprint density at radius 1 is 1.59 bits per heavy atom. The first kappa shape index (κ1) is 12.4. The number of hydrogen-bond donors (Lipinski definition) is 0. The topological polar surface area (TPSA) is 36.3 Å². The van der Waals surface area contributed by atoms with Gasteiger partial charge in [-0.3, -0.25) is 4.90 Å². The quantitative estimate of drug-likeness (QED) is 0.804. The van der Waals surface area contributed by atoms with E-state index in [4.69, 9.17) is 10.00 Å². The van der Waals surface area contributed by atoms with Gasteiger partial charge in [0.2, 0.25) is 0 Å². The molecule has 0 N–H and O–H groups in total. The number of benzene rings is 1. The van der Waals surface area contributed by atoms with Crippen molar-refractivity contribution < 1.29 is 4.74 Å². The Morgan fingerprint density at radius 2 is 2.41 bits per heavy atom. The molecule has 1 aromatic carbocycles. The number of ether oxygens (including phenoxy) is 1. The van der Waals surface area contributed by atoms with Crippen LogP contribution in [0.25, 0.3) is 0 Å².